The topological polar surface area (TPSA) is 87.5 Å². The summed E-state index contributed by atoms with van der Waals surface area (Å²) in [6.07, 6.45) is 10.9. The lowest BCUT2D eigenvalue weighted by molar-refractivity contribution is 0.102. The van der Waals surface area contributed by atoms with Crippen LogP contribution in [0.2, 0.25) is 0 Å². The van der Waals surface area contributed by atoms with Gasteiger partial charge in [-0.25, -0.2) is 15.0 Å². The molecular formula is C22H27N7O. The maximum absolute atomic E-state index is 12.6. The zero-order valence-corrected chi connectivity index (χ0v) is 17.4. The van der Waals surface area contributed by atoms with Crippen LogP contribution in [-0.2, 0) is 0 Å². The predicted molar refractivity (Wildman–Crippen MR) is 116 cm³/mol. The van der Waals surface area contributed by atoms with Gasteiger partial charge in [0.25, 0.3) is 5.91 Å². The number of pyridine rings is 1. The Hall–Kier alpha value is -3.00. The van der Waals surface area contributed by atoms with E-state index in [0.717, 1.165) is 48.4 Å². The molecular weight excluding hydrogens is 378 g/mol. The van der Waals surface area contributed by atoms with Crippen molar-refractivity contribution >= 4 is 23.1 Å². The van der Waals surface area contributed by atoms with Crippen LogP contribution in [-0.4, -0.2) is 50.9 Å². The van der Waals surface area contributed by atoms with Crippen molar-refractivity contribution < 1.29 is 4.79 Å². The van der Waals surface area contributed by atoms with Crippen LogP contribution in [0, 0.1) is 19.8 Å². The fourth-order valence-electron chi connectivity index (χ4n) is 4.08. The van der Waals surface area contributed by atoms with Gasteiger partial charge in [0.2, 0.25) is 0 Å². The fourth-order valence-corrected chi connectivity index (χ4v) is 4.08. The van der Waals surface area contributed by atoms with Crippen molar-refractivity contribution in [3.63, 3.8) is 0 Å². The molecule has 1 unspecified atom stereocenters. The van der Waals surface area contributed by atoms with Gasteiger partial charge in [-0.1, -0.05) is 0 Å². The highest BCUT2D eigenvalue weighted by Crippen LogP contribution is 2.24. The summed E-state index contributed by atoms with van der Waals surface area (Å²) in [4.78, 5) is 28.3. The molecule has 0 bridgehead atoms. The SMILES string of the molecule is Cc1cn2cc(NC(=O)c3cnc(N4CCC(CNC5CC5)C4)cn3)cc(C)c2n1. The van der Waals surface area contributed by atoms with E-state index >= 15 is 0 Å². The average Bonchev–Trinajstić information content (AvgIpc) is 3.30. The minimum Gasteiger partial charge on any atom is -0.355 e. The normalized spacial score (nSPS) is 18.9. The van der Waals surface area contributed by atoms with E-state index in [-0.39, 0.29) is 5.91 Å². The molecule has 2 N–H and O–H groups in total. The lowest BCUT2D eigenvalue weighted by Crippen LogP contribution is -2.28. The number of amides is 1. The zero-order valence-electron chi connectivity index (χ0n) is 17.4. The molecule has 3 aromatic heterocycles. The molecule has 0 radical (unpaired) electrons. The van der Waals surface area contributed by atoms with Crippen molar-refractivity contribution in [2.75, 3.05) is 29.9 Å². The molecule has 3 aromatic rings. The molecule has 0 spiro atoms. The van der Waals surface area contributed by atoms with Crippen molar-refractivity contribution in [1.29, 1.82) is 0 Å². The van der Waals surface area contributed by atoms with Gasteiger partial charge in [-0.05, 0) is 57.2 Å². The zero-order chi connectivity index (χ0) is 20.7. The maximum Gasteiger partial charge on any atom is 0.275 e. The van der Waals surface area contributed by atoms with Crippen LogP contribution in [0.3, 0.4) is 0 Å². The average molecular weight is 406 g/mol. The van der Waals surface area contributed by atoms with Crippen molar-refractivity contribution in [1.82, 2.24) is 24.7 Å². The standard InChI is InChI=1S/C22H27N7O/c1-14-7-18(13-29-11-15(2)26-21(14)29)27-22(30)19-9-25-20(10-24-19)28-6-5-16(12-28)8-23-17-3-4-17/h7,9-11,13,16-17,23H,3-6,8,12H2,1-2H3,(H,27,30). The summed E-state index contributed by atoms with van der Waals surface area (Å²) in [6.45, 7) is 6.99. The number of anilines is 2. The van der Waals surface area contributed by atoms with Gasteiger partial charge in [0.15, 0.2) is 0 Å². The Morgan fingerprint density at radius 2 is 2.03 bits per heavy atom. The molecule has 1 atom stereocenters. The Morgan fingerprint density at radius 3 is 2.80 bits per heavy atom. The quantitative estimate of drug-likeness (QED) is 0.655. The van der Waals surface area contributed by atoms with Crippen molar-refractivity contribution in [2.24, 2.45) is 5.92 Å². The summed E-state index contributed by atoms with van der Waals surface area (Å²) < 4.78 is 1.93. The highest BCUT2D eigenvalue weighted by Gasteiger charge is 2.27. The van der Waals surface area contributed by atoms with Crippen LogP contribution >= 0.6 is 0 Å². The lowest BCUT2D eigenvalue weighted by atomic mass is 10.1. The number of hydrogen-bond donors (Lipinski definition) is 2. The third-order valence-electron chi connectivity index (χ3n) is 5.87. The van der Waals surface area contributed by atoms with Crippen LogP contribution in [0.5, 0.6) is 0 Å². The van der Waals surface area contributed by atoms with E-state index in [2.05, 4.69) is 30.5 Å². The van der Waals surface area contributed by atoms with Crippen LogP contribution in [0.25, 0.3) is 5.65 Å². The highest BCUT2D eigenvalue weighted by atomic mass is 16.1. The molecule has 30 heavy (non-hydrogen) atoms. The van der Waals surface area contributed by atoms with E-state index in [0.29, 0.717) is 17.3 Å². The third-order valence-corrected chi connectivity index (χ3v) is 5.87. The second-order valence-corrected chi connectivity index (χ2v) is 8.52. The number of carbonyl (C=O) groups excluding carboxylic acids is 1. The van der Waals surface area contributed by atoms with Gasteiger partial charge in [-0.2, -0.15) is 0 Å². The van der Waals surface area contributed by atoms with E-state index in [1.165, 1.54) is 19.3 Å². The van der Waals surface area contributed by atoms with Crippen molar-refractivity contribution in [2.45, 2.75) is 39.2 Å². The van der Waals surface area contributed by atoms with Gasteiger partial charge in [-0.3, -0.25) is 4.79 Å². The number of carbonyl (C=O) groups is 1. The van der Waals surface area contributed by atoms with Crippen LogP contribution in [0.1, 0.15) is 41.0 Å². The number of nitrogens with one attached hydrogen (secondary N) is 2. The van der Waals surface area contributed by atoms with Crippen molar-refractivity contribution in [3.8, 4) is 0 Å². The highest BCUT2D eigenvalue weighted by molar-refractivity contribution is 6.02. The molecule has 4 heterocycles. The van der Waals surface area contributed by atoms with E-state index in [4.69, 9.17) is 0 Å². The Labute approximate surface area is 175 Å². The summed E-state index contributed by atoms with van der Waals surface area (Å²) >= 11 is 0. The first-order valence-electron chi connectivity index (χ1n) is 10.6. The predicted octanol–water partition coefficient (Wildman–Crippen LogP) is 2.57. The molecule has 2 fully saturated rings. The summed E-state index contributed by atoms with van der Waals surface area (Å²) in [5, 5.41) is 6.53. The molecule has 5 rings (SSSR count). The number of hydrogen-bond acceptors (Lipinski definition) is 6. The summed E-state index contributed by atoms with van der Waals surface area (Å²) in [5.74, 6) is 1.23. The Morgan fingerprint density at radius 1 is 1.17 bits per heavy atom. The van der Waals surface area contributed by atoms with Crippen LogP contribution < -0.4 is 15.5 Å². The number of nitrogens with zero attached hydrogens (tertiary/aromatic N) is 5. The minimum atomic E-state index is -0.266. The van der Waals surface area contributed by atoms with Crippen LogP contribution in [0.15, 0.2) is 30.9 Å². The van der Waals surface area contributed by atoms with Gasteiger partial charge in [0.05, 0.1) is 23.8 Å². The largest absolute Gasteiger partial charge is 0.355 e. The first kappa shape index (κ1) is 19.0. The smallest absolute Gasteiger partial charge is 0.275 e. The van der Waals surface area contributed by atoms with Crippen molar-refractivity contribution in [3.05, 3.63) is 47.8 Å². The van der Waals surface area contributed by atoms with Gasteiger partial charge < -0.3 is 19.9 Å². The molecule has 1 amide bonds. The van der Waals surface area contributed by atoms with E-state index < -0.39 is 0 Å². The van der Waals surface area contributed by atoms with Gasteiger partial charge in [0.1, 0.15) is 17.2 Å². The Kier molecular flexibility index (Phi) is 4.86. The van der Waals surface area contributed by atoms with E-state index in [9.17, 15) is 4.79 Å². The number of rotatable bonds is 6. The number of aromatic nitrogens is 4. The molecule has 1 saturated heterocycles. The second-order valence-electron chi connectivity index (χ2n) is 8.52. The monoisotopic (exact) mass is 405 g/mol. The lowest BCUT2D eigenvalue weighted by Gasteiger charge is -2.17. The number of aryl methyl sites for hydroxylation is 2. The van der Waals surface area contributed by atoms with Gasteiger partial charge >= 0.3 is 0 Å². The second kappa shape index (κ2) is 7.68. The summed E-state index contributed by atoms with van der Waals surface area (Å²) in [6, 6.07) is 2.67. The van der Waals surface area contributed by atoms with E-state index in [1.807, 2.05) is 36.7 Å². The van der Waals surface area contributed by atoms with Gasteiger partial charge in [0, 0.05) is 31.5 Å². The first-order chi connectivity index (χ1) is 14.5. The Balaban J connectivity index is 1.22. The minimum absolute atomic E-state index is 0.266. The Bertz CT molecular complexity index is 1070. The molecule has 2 aliphatic rings. The molecule has 1 aliphatic heterocycles. The molecule has 1 aliphatic carbocycles. The van der Waals surface area contributed by atoms with Gasteiger partial charge in [-0.15, -0.1) is 0 Å². The van der Waals surface area contributed by atoms with E-state index in [1.54, 1.807) is 12.4 Å². The molecule has 0 aromatic carbocycles. The first-order valence-corrected chi connectivity index (χ1v) is 10.6. The molecule has 156 valence electrons. The third kappa shape index (κ3) is 4.00. The maximum atomic E-state index is 12.6. The summed E-state index contributed by atoms with van der Waals surface area (Å²) in [5.41, 5.74) is 3.85. The van der Waals surface area contributed by atoms with Crippen LogP contribution in [0.4, 0.5) is 11.5 Å². The molecule has 8 heteroatoms. The number of fused-ring (bicyclic) bond motifs is 1. The molecule has 8 nitrogen and oxygen atoms in total. The fraction of sp³-hybridized carbons (Fsp3) is 0.455. The molecule has 1 saturated carbocycles. The summed E-state index contributed by atoms with van der Waals surface area (Å²) in [7, 11) is 0. The number of imidazole rings is 1.